The summed E-state index contributed by atoms with van der Waals surface area (Å²) in [4.78, 5) is 62.3. The topological polar surface area (TPSA) is 154 Å². The Balaban J connectivity index is 4.48. The average Bonchev–Trinajstić information content (AvgIpc) is 2.72. The molecule has 4 amide bonds. The summed E-state index contributed by atoms with van der Waals surface area (Å²) in [5.41, 5.74) is 0. The van der Waals surface area contributed by atoms with E-state index in [0.29, 0.717) is 0 Å². The van der Waals surface area contributed by atoms with Crippen molar-refractivity contribution in [1.82, 2.24) is 16.0 Å². The van der Waals surface area contributed by atoms with E-state index in [9.17, 15) is 24.0 Å². The minimum absolute atomic E-state index is 0.0160. The van der Waals surface area contributed by atoms with Crippen molar-refractivity contribution >= 4 is 48.1 Å². The van der Waals surface area contributed by atoms with Crippen LogP contribution in [-0.2, 0) is 24.0 Å². The number of aliphatic carboxylic acids is 1. The van der Waals surface area contributed by atoms with Crippen LogP contribution in [0.2, 0.25) is 0 Å². The van der Waals surface area contributed by atoms with Gasteiger partial charge in [-0.1, -0.05) is 27.7 Å². The summed E-state index contributed by atoms with van der Waals surface area (Å²) in [5.74, 6) is -3.22. The van der Waals surface area contributed by atoms with Crippen molar-refractivity contribution in [3.05, 3.63) is 0 Å². The molecule has 0 aliphatic heterocycles. The van der Waals surface area contributed by atoms with Crippen LogP contribution in [0.3, 0.4) is 0 Å². The molecule has 0 fully saturated rings. The maximum Gasteiger partial charge on any atom is 0.305 e. The lowest BCUT2D eigenvalue weighted by molar-refractivity contribution is -0.138. The van der Waals surface area contributed by atoms with E-state index < -0.39 is 40.9 Å². The third-order valence-corrected chi connectivity index (χ3v) is 6.18. The Morgan fingerprint density at radius 1 is 1.03 bits per heavy atom. The zero-order valence-corrected chi connectivity index (χ0v) is 19.4. The van der Waals surface area contributed by atoms with E-state index in [1.165, 1.54) is 11.8 Å². The van der Waals surface area contributed by atoms with Gasteiger partial charge in [-0.2, -0.15) is 0 Å². The summed E-state index contributed by atoms with van der Waals surface area (Å²) in [6.45, 7) is 10.3. The number of carbonyl (C=O) groups is 5. The molecule has 0 bridgehead atoms. The number of hydrogen-bond donors (Lipinski definition) is 4. The summed E-state index contributed by atoms with van der Waals surface area (Å²) in [5, 5.41) is 15.9. The zero-order chi connectivity index (χ0) is 24.0. The van der Waals surface area contributed by atoms with E-state index >= 15 is 0 Å². The second-order valence-electron chi connectivity index (χ2n) is 7.26. The van der Waals surface area contributed by atoms with E-state index in [2.05, 4.69) is 27.7 Å². The van der Waals surface area contributed by atoms with Gasteiger partial charge in [0, 0.05) is 18.2 Å². The Morgan fingerprint density at radius 2 is 1.65 bits per heavy atom. The van der Waals surface area contributed by atoms with E-state index in [1.807, 2.05) is 13.8 Å². The van der Waals surface area contributed by atoms with E-state index in [1.54, 1.807) is 13.8 Å². The summed E-state index contributed by atoms with van der Waals surface area (Å²) in [7, 11) is 0. The molecular weight excluding hydrogens is 424 g/mol. The number of nitrogens with zero attached hydrogens (tertiary/aromatic N) is 1. The smallest absolute Gasteiger partial charge is 0.305 e. The highest BCUT2D eigenvalue weighted by Crippen LogP contribution is 2.25. The monoisotopic (exact) mass is 458 g/mol. The molecular formula is C20H34N4O6S. The van der Waals surface area contributed by atoms with Gasteiger partial charge in [-0.3, -0.25) is 24.0 Å². The lowest BCUT2D eigenvalue weighted by Gasteiger charge is -2.20. The fourth-order valence-electron chi connectivity index (χ4n) is 2.59. The van der Waals surface area contributed by atoms with E-state index in [0.717, 1.165) is 12.8 Å². The van der Waals surface area contributed by atoms with Gasteiger partial charge in [0.15, 0.2) is 0 Å². The number of carboxylic acids is 1. The standard InChI is InChI=1S/C20H34N4O6S/c1-6-13(7-2)31-14(10-17(27)28)19(29)23-11-16(26)22-9-8-15(25)24-18(12(3)4)20(30)21-5/h12-14,18H,5-11H2,1-4H3,(H,22,26)(H,23,29)(H,24,25)(H,27,28)/t14?,18-/m0/s1. The van der Waals surface area contributed by atoms with E-state index in [-0.39, 0.29) is 37.1 Å². The quantitative estimate of drug-likeness (QED) is 0.264. The van der Waals surface area contributed by atoms with Gasteiger partial charge in [0.25, 0.3) is 5.91 Å². The lowest BCUT2D eigenvalue weighted by atomic mass is 10.0. The van der Waals surface area contributed by atoms with Crippen molar-refractivity contribution in [2.75, 3.05) is 13.1 Å². The molecule has 0 radical (unpaired) electrons. The number of amides is 4. The predicted octanol–water partition coefficient (Wildman–Crippen LogP) is 0.742. The van der Waals surface area contributed by atoms with Gasteiger partial charge in [-0.05, 0) is 25.5 Å². The largest absolute Gasteiger partial charge is 0.481 e. The second kappa shape index (κ2) is 15.4. The van der Waals surface area contributed by atoms with Crippen molar-refractivity contribution in [3.8, 4) is 0 Å². The minimum atomic E-state index is -1.08. The molecule has 1 unspecified atom stereocenters. The van der Waals surface area contributed by atoms with Gasteiger partial charge in [0.2, 0.25) is 17.7 Å². The Kier molecular flexibility index (Phi) is 14.2. The van der Waals surface area contributed by atoms with Crippen molar-refractivity contribution in [2.24, 2.45) is 10.9 Å². The van der Waals surface area contributed by atoms with Crippen LogP contribution in [0.1, 0.15) is 53.4 Å². The molecule has 176 valence electrons. The SMILES string of the molecule is C=NC(=O)[C@@H](NC(=O)CCNC(=O)CNC(=O)C(CC(=O)O)SC(CC)CC)C(C)C. The first kappa shape index (κ1) is 28.6. The Hall–Kier alpha value is -2.43. The normalized spacial score (nSPS) is 12.7. The second-order valence-corrected chi connectivity index (χ2v) is 8.77. The van der Waals surface area contributed by atoms with Gasteiger partial charge in [-0.25, -0.2) is 4.99 Å². The van der Waals surface area contributed by atoms with Gasteiger partial charge < -0.3 is 21.1 Å². The molecule has 0 aliphatic carbocycles. The molecule has 4 N–H and O–H groups in total. The molecule has 0 aromatic rings. The number of hydrogen-bond acceptors (Lipinski definition) is 6. The molecule has 0 heterocycles. The Morgan fingerprint density at radius 3 is 2.13 bits per heavy atom. The van der Waals surface area contributed by atoms with Crippen molar-refractivity contribution in [3.63, 3.8) is 0 Å². The van der Waals surface area contributed by atoms with Crippen molar-refractivity contribution in [1.29, 1.82) is 0 Å². The molecule has 0 spiro atoms. The molecule has 0 aromatic carbocycles. The number of rotatable bonds is 15. The minimum Gasteiger partial charge on any atom is -0.481 e. The molecule has 0 saturated heterocycles. The molecule has 10 nitrogen and oxygen atoms in total. The van der Waals surface area contributed by atoms with Crippen LogP contribution in [0.15, 0.2) is 4.99 Å². The fourth-order valence-corrected chi connectivity index (χ4v) is 3.89. The maximum absolute atomic E-state index is 12.3. The molecule has 0 saturated carbocycles. The number of carbonyl (C=O) groups excluding carboxylic acids is 4. The van der Waals surface area contributed by atoms with Gasteiger partial charge in [-0.15, -0.1) is 11.8 Å². The van der Waals surface area contributed by atoms with Crippen molar-refractivity contribution in [2.45, 2.75) is 69.9 Å². The molecule has 31 heavy (non-hydrogen) atoms. The lowest BCUT2D eigenvalue weighted by Crippen LogP contribution is -2.45. The highest BCUT2D eigenvalue weighted by Gasteiger charge is 2.26. The van der Waals surface area contributed by atoms with Crippen LogP contribution in [0.5, 0.6) is 0 Å². The number of carboxylic acid groups (broad SMARTS) is 1. The maximum atomic E-state index is 12.3. The van der Waals surface area contributed by atoms with E-state index in [4.69, 9.17) is 5.11 Å². The third kappa shape index (κ3) is 12.1. The van der Waals surface area contributed by atoms with Gasteiger partial charge >= 0.3 is 5.97 Å². The molecule has 11 heteroatoms. The molecule has 2 atom stereocenters. The average molecular weight is 459 g/mol. The zero-order valence-electron chi connectivity index (χ0n) is 18.6. The van der Waals surface area contributed by atoms with Crippen LogP contribution in [-0.4, -0.2) is 71.1 Å². The summed E-state index contributed by atoms with van der Waals surface area (Å²) >= 11 is 1.29. The summed E-state index contributed by atoms with van der Waals surface area (Å²) in [6, 6.07) is -0.779. The van der Waals surface area contributed by atoms with Crippen LogP contribution >= 0.6 is 11.8 Å². The summed E-state index contributed by atoms with van der Waals surface area (Å²) in [6.07, 6.45) is 1.22. The highest BCUT2D eigenvalue weighted by molar-refractivity contribution is 8.01. The summed E-state index contributed by atoms with van der Waals surface area (Å²) < 4.78 is 0. The first-order valence-corrected chi connectivity index (χ1v) is 11.2. The number of thioether (sulfide) groups is 1. The number of aliphatic imine (C=N–C) groups is 1. The molecule has 0 aliphatic rings. The fraction of sp³-hybridized carbons (Fsp3) is 0.700. The van der Waals surface area contributed by atoms with Gasteiger partial charge in [0.1, 0.15) is 6.04 Å². The first-order chi connectivity index (χ1) is 14.5. The molecule has 0 rings (SSSR count). The molecule has 0 aromatic heterocycles. The van der Waals surface area contributed by atoms with Crippen LogP contribution in [0, 0.1) is 5.92 Å². The number of nitrogens with one attached hydrogen (secondary N) is 3. The Labute approximate surface area is 187 Å². The van der Waals surface area contributed by atoms with Crippen LogP contribution in [0.4, 0.5) is 0 Å². The van der Waals surface area contributed by atoms with Crippen LogP contribution in [0.25, 0.3) is 0 Å². The first-order valence-electron chi connectivity index (χ1n) is 10.3. The van der Waals surface area contributed by atoms with Crippen molar-refractivity contribution < 1.29 is 29.1 Å². The Bertz CT molecular complexity index is 652. The highest BCUT2D eigenvalue weighted by atomic mass is 32.2. The van der Waals surface area contributed by atoms with Gasteiger partial charge in [0.05, 0.1) is 18.2 Å². The van der Waals surface area contributed by atoms with Crippen LogP contribution < -0.4 is 16.0 Å². The third-order valence-electron chi connectivity index (χ3n) is 4.42. The predicted molar refractivity (Wildman–Crippen MR) is 120 cm³/mol.